The van der Waals surface area contributed by atoms with Crippen molar-refractivity contribution in [3.8, 4) is 0 Å². The van der Waals surface area contributed by atoms with Crippen LogP contribution in [0.25, 0.3) is 0 Å². The number of rotatable bonds is 12. The first kappa shape index (κ1) is 20.0. The Bertz CT molecular complexity index is 204. The van der Waals surface area contributed by atoms with Crippen molar-refractivity contribution in [1.29, 1.82) is 0 Å². The fraction of sp³-hybridized carbons (Fsp3) is 1.00. The molecule has 0 nitrogen and oxygen atoms in total. The van der Waals surface area contributed by atoms with Gasteiger partial charge in [0.15, 0.2) is 0 Å². The lowest BCUT2D eigenvalue weighted by Gasteiger charge is -2.25. The Balaban J connectivity index is 4.22. The highest BCUT2D eigenvalue weighted by molar-refractivity contribution is 4.69. The van der Waals surface area contributed by atoms with Crippen molar-refractivity contribution >= 4 is 0 Å². The van der Waals surface area contributed by atoms with E-state index in [0.717, 1.165) is 29.6 Å². The average Bonchev–Trinajstić information content (AvgIpc) is 2.26. The number of hydrogen-bond acceptors (Lipinski definition) is 0. The molecule has 0 spiro atoms. The van der Waals surface area contributed by atoms with E-state index in [2.05, 4.69) is 48.5 Å². The van der Waals surface area contributed by atoms with Gasteiger partial charge >= 0.3 is 0 Å². The molecule has 0 rings (SSSR count). The van der Waals surface area contributed by atoms with Gasteiger partial charge in [0.05, 0.1) is 0 Å². The molecule has 0 radical (unpaired) electrons. The molecule has 0 amide bonds. The molecule has 0 aromatic rings. The lowest BCUT2D eigenvalue weighted by molar-refractivity contribution is 0.269. The van der Waals surface area contributed by atoms with E-state index in [1.165, 1.54) is 51.4 Å². The fourth-order valence-electron chi connectivity index (χ4n) is 3.80. The highest BCUT2D eigenvalue weighted by Crippen LogP contribution is 2.30. The molecule has 0 saturated carbocycles. The summed E-state index contributed by atoms with van der Waals surface area (Å²) in [6.45, 7) is 16.7. The topological polar surface area (TPSA) is 0 Å². The molecule has 122 valence electrons. The lowest BCUT2D eigenvalue weighted by Crippen LogP contribution is -2.12. The zero-order valence-corrected chi connectivity index (χ0v) is 15.5. The van der Waals surface area contributed by atoms with Crippen molar-refractivity contribution in [3.05, 3.63) is 0 Å². The van der Waals surface area contributed by atoms with Crippen LogP contribution in [0.5, 0.6) is 0 Å². The Labute approximate surface area is 130 Å². The average molecular weight is 283 g/mol. The highest BCUT2D eigenvalue weighted by Gasteiger charge is 2.17. The maximum atomic E-state index is 2.47. The van der Waals surface area contributed by atoms with Crippen LogP contribution in [0, 0.1) is 29.6 Å². The maximum Gasteiger partial charge on any atom is -0.0409 e. The first-order valence-electron chi connectivity index (χ1n) is 9.35. The van der Waals surface area contributed by atoms with Gasteiger partial charge in [-0.3, -0.25) is 0 Å². The van der Waals surface area contributed by atoms with Gasteiger partial charge in [-0.25, -0.2) is 0 Å². The largest absolute Gasteiger partial charge is 0.0654 e. The van der Waals surface area contributed by atoms with Gasteiger partial charge in [-0.05, 0) is 48.9 Å². The molecule has 0 saturated heterocycles. The van der Waals surface area contributed by atoms with Crippen LogP contribution in [-0.4, -0.2) is 0 Å². The predicted octanol–water partition coefficient (Wildman–Crippen LogP) is 7.33. The van der Waals surface area contributed by atoms with Crippen LogP contribution in [0.3, 0.4) is 0 Å². The summed E-state index contributed by atoms with van der Waals surface area (Å²) in [7, 11) is 0. The first-order chi connectivity index (χ1) is 9.35. The van der Waals surface area contributed by atoms with Gasteiger partial charge in [0, 0.05) is 0 Å². The van der Waals surface area contributed by atoms with Gasteiger partial charge in [-0.1, -0.05) is 80.6 Å². The lowest BCUT2D eigenvalue weighted by atomic mass is 9.81. The van der Waals surface area contributed by atoms with Gasteiger partial charge in [0.2, 0.25) is 0 Å². The van der Waals surface area contributed by atoms with Crippen LogP contribution in [-0.2, 0) is 0 Å². The van der Waals surface area contributed by atoms with Crippen LogP contribution in [0.4, 0.5) is 0 Å². The van der Waals surface area contributed by atoms with E-state index >= 15 is 0 Å². The third kappa shape index (κ3) is 11.8. The maximum absolute atomic E-state index is 2.47. The van der Waals surface area contributed by atoms with E-state index in [1.54, 1.807) is 0 Å². The standard InChI is InChI=1S/C20H42/c1-8-10-18(6)14-20(12-9-11-16(2)3)15-19(7)13-17(4)5/h16-20H,8-15H2,1-7H3. The van der Waals surface area contributed by atoms with Gasteiger partial charge < -0.3 is 0 Å². The van der Waals surface area contributed by atoms with Crippen LogP contribution >= 0.6 is 0 Å². The Hall–Kier alpha value is 0. The molecular weight excluding hydrogens is 240 g/mol. The zero-order valence-electron chi connectivity index (χ0n) is 15.5. The van der Waals surface area contributed by atoms with Crippen molar-refractivity contribution in [2.24, 2.45) is 29.6 Å². The van der Waals surface area contributed by atoms with Crippen LogP contribution in [0.2, 0.25) is 0 Å². The fourth-order valence-corrected chi connectivity index (χ4v) is 3.80. The quantitative estimate of drug-likeness (QED) is 0.351. The van der Waals surface area contributed by atoms with E-state index in [0.29, 0.717) is 0 Å². The third-order valence-corrected chi connectivity index (χ3v) is 4.52. The van der Waals surface area contributed by atoms with Crippen molar-refractivity contribution in [2.75, 3.05) is 0 Å². The molecule has 0 bridgehead atoms. The molecule has 0 aromatic heterocycles. The second-order valence-corrected chi connectivity index (χ2v) is 8.29. The van der Waals surface area contributed by atoms with Crippen molar-refractivity contribution in [2.45, 2.75) is 99.8 Å². The zero-order chi connectivity index (χ0) is 15.5. The normalized spacial score (nSPS) is 16.6. The Morgan fingerprint density at radius 2 is 1.20 bits per heavy atom. The SMILES string of the molecule is CCCC(C)CC(CCCC(C)C)CC(C)CC(C)C. The summed E-state index contributed by atoms with van der Waals surface area (Å²) in [4.78, 5) is 0. The summed E-state index contributed by atoms with van der Waals surface area (Å²) in [5.41, 5.74) is 0. The molecule has 20 heavy (non-hydrogen) atoms. The van der Waals surface area contributed by atoms with Crippen molar-refractivity contribution < 1.29 is 0 Å². The van der Waals surface area contributed by atoms with Gasteiger partial charge in [0.1, 0.15) is 0 Å². The summed E-state index contributed by atoms with van der Waals surface area (Å²) in [5, 5.41) is 0. The molecule has 0 N–H and O–H groups in total. The van der Waals surface area contributed by atoms with E-state index in [1.807, 2.05) is 0 Å². The second kappa shape index (κ2) is 11.6. The Morgan fingerprint density at radius 3 is 1.70 bits per heavy atom. The molecule has 0 heteroatoms. The van der Waals surface area contributed by atoms with E-state index in [-0.39, 0.29) is 0 Å². The van der Waals surface area contributed by atoms with Gasteiger partial charge in [-0.15, -0.1) is 0 Å². The Kier molecular flexibility index (Phi) is 11.6. The highest BCUT2D eigenvalue weighted by atomic mass is 14.2. The monoisotopic (exact) mass is 282 g/mol. The second-order valence-electron chi connectivity index (χ2n) is 8.29. The summed E-state index contributed by atoms with van der Waals surface area (Å²) < 4.78 is 0. The summed E-state index contributed by atoms with van der Waals surface area (Å²) in [5.74, 6) is 4.54. The number of hydrogen-bond donors (Lipinski definition) is 0. The van der Waals surface area contributed by atoms with Crippen molar-refractivity contribution in [3.63, 3.8) is 0 Å². The van der Waals surface area contributed by atoms with E-state index in [4.69, 9.17) is 0 Å². The summed E-state index contributed by atoms with van der Waals surface area (Å²) in [6.07, 6.45) is 11.4. The summed E-state index contributed by atoms with van der Waals surface area (Å²) in [6, 6.07) is 0. The molecule has 0 aliphatic carbocycles. The molecule has 3 atom stereocenters. The van der Waals surface area contributed by atoms with Crippen molar-refractivity contribution in [1.82, 2.24) is 0 Å². The van der Waals surface area contributed by atoms with E-state index in [9.17, 15) is 0 Å². The molecule has 0 heterocycles. The molecule has 0 aliphatic heterocycles. The molecule has 0 aliphatic rings. The smallest absolute Gasteiger partial charge is 0.0409 e. The van der Waals surface area contributed by atoms with E-state index < -0.39 is 0 Å². The molecule has 0 fully saturated rings. The minimum absolute atomic E-state index is 0.856. The molecule has 3 unspecified atom stereocenters. The first-order valence-corrected chi connectivity index (χ1v) is 9.35. The third-order valence-electron chi connectivity index (χ3n) is 4.52. The van der Waals surface area contributed by atoms with Gasteiger partial charge in [0.25, 0.3) is 0 Å². The van der Waals surface area contributed by atoms with Crippen LogP contribution in [0.1, 0.15) is 99.8 Å². The predicted molar refractivity (Wildman–Crippen MR) is 94.1 cm³/mol. The minimum atomic E-state index is 0.856. The summed E-state index contributed by atoms with van der Waals surface area (Å²) >= 11 is 0. The van der Waals surface area contributed by atoms with Gasteiger partial charge in [-0.2, -0.15) is 0 Å². The van der Waals surface area contributed by atoms with Crippen LogP contribution < -0.4 is 0 Å². The molecular formula is C20H42. The Morgan fingerprint density at radius 1 is 0.600 bits per heavy atom. The van der Waals surface area contributed by atoms with Crippen LogP contribution in [0.15, 0.2) is 0 Å². The minimum Gasteiger partial charge on any atom is -0.0654 e. The molecule has 0 aromatic carbocycles.